The van der Waals surface area contributed by atoms with Crippen molar-refractivity contribution in [3.8, 4) is 5.75 Å². The number of halogens is 1. The summed E-state index contributed by atoms with van der Waals surface area (Å²) in [5, 5.41) is 23.2. The maximum atomic E-state index is 13.8. The van der Waals surface area contributed by atoms with Crippen molar-refractivity contribution in [3.05, 3.63) is 65.2 Å². The van der Waals surface area contributed by atoms with Crippen molar-refractivity contribution in [2.24, 2.45) is 5.92 Å². The first-order valence-corrected chi connectivity index (χ1v) is 15.9. The molecule has 3 N–H and O–H groups in total. The minimum absolute atomic E-state index is 0. The van der Waals surface area contributed by atoms with E-state index in [0.717, 1.165) is 61.9 Å². The number of hydrogen-bond acceptors (Lipinski definition) is 6. The van der Waals surface area contributed by atoms with Crippen LogP contribution in [0.25, 0.3) is 0 Å². The molecule has 44 heavy (non-hydrogen) atoms. The van der Waals surface area contributed by atoms with Gasteiger partial charge in [-0.05, 0) is 73.4 Å². The third-order valence-corrected chi connectivity index (χ3v) is 9.59. The van der Waals surface area contributed by atoms with Crippen LogP contribution in [-0.2, 0) is 22.7 Å². The average molecular weight is 628 g/mol. The molecule has 2 aromatic carbocycles. The van der Waals surface area contributed by atoms with E-state index in [0.29, 0.717) is 39.1 Å². The third-order valence-electron chi connectivity index (χ3n) is 9.59. The van der Waals surface area contributed by atoms with Crippen molar-refractivity contribution in [1.82, 2.24) is 15.1 Å². The number of piperazine rings is 1. The number of nitrogens with zero attached hydrogens (tertiary/aromatic N) is 2. The van der Waals surface area contributed by atoms with Crippen molar-refractivity contribution in [2.75, 3.05) is 19.6 Å². The molecule has 10 heteroatoms. The van der Waals surface area contributed by atoms with Crippen molar-refractivity contribution in [1.29, 1.82) is 0 Å². The summed E-state index contributed by atoms with van der Waals surface area (Å²) in [7, 11) is 0. The summed E-state index contributed by atoms with van der Waals surface area (Å²) in [5.74, 6) is -0.379. The maximum absolute atomic E-state index is 13.8. The lowest BCUT2D eigenvalue weighted by atomic mass is 9.78. The number of ether oxygens (including phenoxy) is 1. The van der Waals surface area contributed by atoms with Crippen LogP contribution in [0, 0.1) is 5.92 Å². The molecule has 2 atom stereocenters. The Morgan fingerprint density at radius 1 is 1.00 bits per heavy atom. The highest BCUT2D eigenvalue weighted by Crippen LogP contribution is 2.36. The number of carboxylic acids is 1. The van der Waals surface area contributed by atoms with Crippen molar-refractivity contribution >= 4 is 30.2 Å². The van der Waals surface area contributed by atoms with Crippen molar-refractivity contribution in [3.63, 3.8) is 0 Å². The number of aliphatic hydroxyl groups excluding tert-OH is 1. The van der Waals surface area contributed by atoms with E-state index >= 15 is 0 Å². The second-order valence-electron chi connectivity index (χ2n) is 12.4. The second kappa shape index (κ2) is 15.2. The van der Waals surface area contributed by atoms with Crippen LogP contribution in [0.5, 0.6) is 5.75 Å². The van der Waals surface area contributed by atoms with Crippen molar-refractivity contribution < 1.29 is 29.3 Å². The van der Waals surface area contributed by atoms with Crippen LogP contribution in [0.1, 0.15) is 86.2 Å². The molecule has 0 aromatic heterocycles. The number of unbranched alkanes of at least 4 members (excludes halogenated alkanes) is 1. The molecule has 1 spiro atoms. The summed E-state index contributed by atoms with van der Waals surface area (Å²) in [6.07, 6.45) is 7.19. The molecular weight excluding hydrogens is 582 g/mol. The second-order valence-corrected chi connectivity index (χ2v) is 12.4. The minimum Gasteiger partial charge on any atom is -0.489 e. The number of hydrogen-bond donors (Lipinski definition) is 3. The molecule has 3 fully saturated rings. The Morgan fingerprint density at radius 3 is 2.25 bits per heavy atom. The van der Waals surface area contributed by atoms with Gasteiger partial charge in [0, 0.05) is 26.2 Å². The zero-order chi connectivity index (χ0) is 30.4. The van der Waals surface area contributed by atoms with Gasteiger partial charge in [-0.2, -0.15) is 0 Å². The first-order chi connectivity index (χ1) is 20.8. The molecule has 9 nitrogen and oxygen atoms in total. The predicted molar refractivity (Wildman–Crippen MR) is 170 cm³/mol. The summed E-state index contributed by atoms with van der Waals surface area (Å²) in [4.78, 5) is 42.7. The lowest BCUT2D eigenvalue weighted by Gasteiger charge is -2.52. The fourth-order valence-electron chi connectivity index (χ4n) is 6.90. The molecule has 2 aromatic rings. The van der Waals surface area contributed by atoms with Gasteiger partial charge in [-0.3, -0.25) is 14.5 Å². The van der Waals surface area contributed by atoms with Gasteiger partial charge in [-0.1, -0.05) is 56.9 Å². The van der Waals surface area contributed by atoms with E-state index in [1.807, 2.05) is 29.2 Å². The fraction of sp³-hybridized carbons (Fsp3) is 0.559. The molecule has 1 aliphatic carbocycles. The number of amides is 2. The summed E-state index contributed by atoms with van der Waals surface area (Å²) in [6.45, 7) is 5.12. The normalized spacial score (nSPS) is 21.4. The first kappa shape index (κ1) is 33.7. The van der Waals surface area contributed by atoms with Crippen LogP contribution in [0.3, 0.4) is 0 Å². The number of carbonyl (C=O) groups is 3. The quantitative estimate of drug-likeness (QED) is 0.328. The molecule has 240 valence electrons. The van der Waals surface area contributed by atoms with Crippen LogP contribution < -0.4 is 10.1 Å². The highest BCUT2D eigenvalue weighted by Gasteiger charge is 2.55. The smallest absolute Gasteiger partial charge is 0.335 e. The molecule has 0 bridgehead atoms. The molecule has 1 saturated carbocycles. The van der Waals surface area contributed by atoms with Gasteiger partial charge in [0.2, 0.25) is 11.8 Å². The van der Waals surface area contributed by atoms with Crippen LogP contribution in [-0.4, -0.2) is 75.1 Å². The molecule has 2 aliphatic heterocycles. The van der Waals surface area contributed by atoms with Crippen LogP contribution >= 0.6 is 12.4 Å². The Hall–Kier alpha value is -3.14. The fourth-order valence-corrected chi connectivity index (χ4v) is 6.90. The van der Waals surface area contributed by atoms with E-state index < -0.39 is 23.7 Å². The Bertz CT molecular complexity index is 1260. The highest BCUT2D eigenvalue weighted by molar-refractivity contribution is 6.00. The number of carboxylic acid groups (broad SMARTS) is 1. The number of likely N-dealkylation sites (tertiary alicyclic amines) is 1. The van der Waals surface area contributed by atoms with Crippen LogP contribution in [0.2, 0.25) is 0 Å². The van der Waals surface area contributed by atoms with Gasteiger partial charge in [0.15, 0.2) is 0 Å². The first-order valence-electron chi connectivity index (χ1n) is 15.9. The molecule has 0 radical (unpaired) electrons. The summed E-state index contributed by atoms with van der Waals surface area (Å²) in [6, 6.07) is 13.7. The van der Waals surface area contributed by atoms with Crippen LogP contribution in [0.15, 0.2) is 48.5 Å². The van der Waals surface area contributed by atoms with E-state index in [9.17, 15) is 19.5 Å². The Kier molecular flexibility index (Phi) is 11.7. The number of carbonyl (C=O) groups excluding carboxylic acids is 2. The Labute approximate surface area is 266 Å². The van der Waals surface area contributed by atoms with Gasteiger partial charge in [0.25, 0.3) is 0 Å². The van der Waals surface area contributed by atoms with E-state index in [1.54, 1.807) is 24.3 Å². The molecule has 2 amide bonds. The van der Waals surface area contributed by atoms with Gasteiger partial charge in [0.05, 0.1) is 11.7 Å². The predicted octanol–water partition coefficient (Wildman–Crippen LogP) is 4.79. The van der Waals surface area contributed by atoms with Gasteiger partial charge < -0.3 is 25.2 Å². The number of piperidine rings is 1. The van der Waals surface area contributed by atoms with E-state index in [2.05, 4.69) is 17.1 Å². The monoisotopic (exact) mass is 627 g/mol. The van der Waals surface area contributed by atoms with Gasteiger partial charge >= 0.3 is 5.97 Å². The standard InChI is InChI=1S/C34H45N3O6.ClH/c1-2-3-19-37-31(39)29(30(38)26-7-5-4-6-8-26)35-33(42)34(37)17-20-36(21-18-34)22-24-11-15-28(16-12-24)43-23-25-9-13-27(14-10-25)32(40)41;/h9-16,26,29-30,38H,2-8,17-23H2,1H3,(H,35,42)(H,40,41);1H/t29-,30-;/m1./s1. The highest BCUT2D eigenvalue weighted by atomic mass is 35.5. The number of aliphatic hydroxyl groups is 1. The lowest BCUT2D eigenvalue weighted by molar-refractivity contribution is -0.166. The number of nitrogens with one attached hydrogen (secondary N) is 1. The van der Waals surface area contributed by atoms with E-state index in [4.69, 9.17) is 9.84 Å². The number of aromatic carboxylic acids is 1. The molecule has 2 saturated heterocycles. The lowest BCUT2D eigenvalue weighted by Crippen LogP contribution is -2.75. The SMILES string of the molecule is CCCCN1C(=O)[C@@H]([C@H](O)C2CCCCC2)NC(=O)C12CCN(Cc1ccc(OCc3ccc(C(=O)O)cc3)cc1)CC2.Cl. The molecule has 0 unspecified atom stereocenters. The summed E-state index contributed by atoms with van der Waals surface area (Å²) in [5.41, 5.74) is 1.42. The van der Waals surface area contributed by atoms with Crippen molar-refractivity contribution in [2.45, 2.75) is 95.5 Å². The molecule has 3 aliphatic rings. The van der Waals surface area contributed by atoms with E-state index in [1.165, 1.54) is 6.42 Å². The molecule has 5 rings (SSSR count). The number of benzene rings is 2. The Morgan fingerprint density at radius 2 is 1.64 bits per heavy atom. The van der Waals surface area contributed by atoms with Gasteiger partial charge in [-0.25, -0.2) is 4.79 Å². The van der Waals surface area contributed by atoms with Gasteiger partial charge in [-0.15, -0.1) is 12.4 Å². The average Bonchev–Trinajstić information content (AvgIpc) is 3.03. The molecular formula is C34H46ClN3O6. The summed E-state index contributed by atoms with van der Waals surface area (Å²) < 4.78 is 5.88. The van der Waals surface area contributed by atoms with E-state index in [-0.39, 0.29) is 35.7 Å². The largest absolute Gasteiger partial charge is 0.489 e. The molecule has 2 heterocycles. The summed E-state index contributed by atoms with van der Waals surface area (Å²) >= 11 is 0. The zero-order valence-electron chi connectivity index (χ0n) is 25.6. The minimum atomic E-state index is -0.949. The topological polar surface area (TPSA) is 119 Å². The third kappa shape index (κ3) is 7.56. The zero-order valence-corrected chi connectivity index (χ0v) is 26.4. The Balaban J connectivity index is 0.00000442. The van der Waals surface area contributed by atoms with Gasteiger partial charge in [0.1, 0.15) is 23.9 Å². The van der Waals surface area contributed by atoms with Crippen LogP contribution in [0.4, 0.5) is 0 Å². The number of rotatable bonds is 11. The maximum Gasteiger partial charge on any atom is 0.335 e.